The number of rotatable bonds is 13. The molecule has 10 heteroatoms. The number of nitrogens with one attached hydrogen (secondary N) is 2. The summed E-state index contributed by atoms with van der Waals surface area (Å²) in [4.78, 5) is 23.7. The molecule has 3 rings (SSSR count). The van der Waals surface area contributed by atoms with Crippen molar-refractivity contribution in [2.75, 3.05) is 53.2 Å². The zero-order chi connectivity index (χ0) is 26.7. The summed E-state index contributed by atoms with van der Waals surface area (Å²) in [5, 5.41) is 7.07. The van der Waals surface area contributed by atoms with Crippen LogP contribution in [0.1, 0.15) is 15.9 Å². The molecule has 0 aliphatic carbocycles. The molecule has 2 amide bonds. The number of halogens is 3. The molecule has 0 atom stereocenters. The number of hydrogen-bond donors (Lipinski definition) is 2. The lowest BCUT2D eigenvalue weighted by Crippen LogP contribution is -2.30. The number of methoxy groups -OCH3 is 1. The third-order valence-corrected chi connectivity index (χ3v) is 5.41. The first-order valence-corrected chi connectivity index (χ1v) is 11.7. The molecule has 0 spiro atoms. The highest BCUT2D eigenvalue weighted by molar-refractivity contribution is 6.02. The van der Waals surface area contributed by atoms with Gasteiger partial charge in [0.25, 0.3) is 5.91 Å². The van der Waals surface area contributed by atoms with Crippen LogP contribution in [0.4, 0.5) is 13.2 Å². The summed E-state index contributed by atoms with van der Waals surface area (Å²) in [7, 11) is 1.45. The lowest BCUT2D eigenvalue weighted by atomic mass is 9.96. The number of amides is 2. The van der Waals surface area contributed by atoms with Crippen molar-refractivity contribution in [3.8, 4) is 11.1 Å². The lowest BCUT2D eigenvalue weighted by molar-refractivity contribution is -0.137. The third kappa shape index (κ3) is 8.56. The SMILES string of the molecule is COCC(=O)NCCOCCOCCNC(=O)c1ccc2c(-c3ccc(C(F)(F)F)cc3)cccc2c1. The molecule has 0 saturated carbocycles. The van der Waals surface area contributed by atoms with E-state index in [2.05, 4.69) is 10.6 Å². The minimum Gasteiger partial charge on any atom is -0.377 e. The van der Waals surface area contributed by atoms with Crippen molar-refractivity contribution >= 4 is 22.6 Å². The summed E-state index contributed by atoms with van der Waals surface area (Å²) >= 11 is 0. The van der Waals surface area contributed by atoms with Gasteiger partial charge in [0.2, 0.25) is 5.91 Å². The van der Waals surface area contributed by atoms with Crippen LogP contribution in [-0.2, 0) is 25.2 Å². The molecule has 0 heterocycles. The van der Waals surface area contributed by atoms with Crippen molar-refractivity contribution in [1.82, 2.24) is 10.6 Å². The van der Waals surface area contributed by atoms with Crippen molar-refractivity contribution in [2.24, 2.45) is 0 Å². The van der Waals surface area contributed by atoms with Gasteiger partial charge in [0.05, 0.1) is 32.0 Å². The highest BCUT2D eigenvalue weighted by Gasteiger charge is 2.30. The zero-order valence-corrected chi connectivity index (χ0v) is 20.4. The van der Waals surface area contributed by atoms with E-state index in [4.69, 9.17) is 14.2 Å². The molecule has 0 bridgehead atoms. The first-order valence-electron chi connectivity index (χ1n) is 11.7. The predicted molar refractivity (Wildman–Crippen MR) is 133 cm³/mol. The molecule has 198 valence electrons. The first kappa shape index (κ1) is 28.1. The second kappa shape index (κ2) is 13.7. The van der Waals surface area contributed by atoms with Gasteiger partial charge in [-0.15, -0.1) is 0 Å². The van der Waals surface area contributed by atoms with Crippen LogP contribution in [0.3, 0.4) is 0 Å². The van der Waals surface area contributed by atoms with Gasteiger partial charge in [-0.2, -0.15) is 13.2 Å². The van der Waals surface area contributed by atoms with Crippen LogP contribution in [0.15, 0.2) is 60.7 Å². The average Bonchev–Trinajstić information content (AvgIpc) is 2.88. The van der Waals surface area contributed by atoms with Gasteiger partial charge in [0.1, 0.15) is 6.61 Å². The highest BCUT2D eigenvalue weighted by atomic mass is 19.4. The maximum atomic E-state index is 12.9. The lowest BCUT2D eigenvalue weighted by Gasteiger charge is -2.11. The van der Waals surface area contributed by atoms with E-state index < -0.39 is 11.7 Å². The molecule has 7 nitrogen and oxygen atoms in total. The Labute approximate surface area is 212 Å². The quantitative estimate of drug-likeness (QED) is 0.334. The van der Waals surface area contributed by atoms with E-state index in [0.717, 1.165) is 28.5 Å². The fourth-order valence-electron chi connectivity index (χ4n) is 3.62. The van der Waals surface area contributed by atoms with Crippen molar-refractivity contribution in [1.29, 1.82) is 0 Å². The molecule has 0 aliphatic rings. The topological polar surface area (TPSA) is 85.9 Å². The minimum atomic E-state index is -4.39. The van der Waals surface area contributed by atoms with Gasteiger partial charge in [-0.1, -0.05) is 36.4 Å². The van der Waals surface area contributed by atoms with Gasteiger partial charge in [-0.3, -0.25) is 9.59 Å². The van der Waals surface area contributed by atoms with E-state index in [0.29, 0.717) is 50.6 Å². The molecular formula is C27H29F3N2O5. The Morgan fingerprint density at radius 1 is 0.838 bits per heavy atom. The van der Waals surface area contributed by atoms with Crippen molar-refractivity contribution < 1.29 is 37.0 Å². The average molecular weight is 519 g/mol. The standard InChI is InChI=1S/C27H29F3N2O5/c1-35-18-25(33)31-11-13-36-15-16-37-14-12-32-26(34)21-7-10-24-20(17-21)3-2-4-23(24)19-5-8-22(9-6-19)27(28,29)30/h2-10,17H,11-16,18H2,1H3,(H,31,33)(H,32,34). The second-order valence-electron chi connectivity index (χ2n) is 8.08. The van der Waals surface area contributed by atoms with Crippen LogP contribution in [0.25, 0.3) is 21.9 Å². The van der Waals surface area contributed by atoms with E-state index in [1.54, 1.807) is 24.3 Å². The number of hydrogen-bond acceptors (Lipinski definition) is 5. The molecule has 3 aromatic rings. The monoisotopic (exact) mass is 518 g/mol. The Morgan fingerprint density at radius 3 is 2.16 bits per heavy atom. The molecule has 0 aliphatic heterocycles. The molecule has 37 heavy (non-hydrogen) atoms. The molecule has 0 saturated heterocycles. The summed E-state index contributed by atoms with van der Waals surface area (Å²) in [6.45, 7) is 2.09. The molecular weight excluding hydrogens is 489 g/mol. The van der Waals surface area contributed by atoms with Crippen molar-refractivity contribution in [3.63, 3.8) is 0 Å². The molecule has 0 unspecified atom stereocenters. The van der Waals surface area contributed by atoms with Crippen LogP contribution in [0.5, 0.6) is 0 Å². The maximum absolute atomic E-state index is 12.9. The molecule has 3 aromatic carbocycles. The summed E-state index contributed by atoms with van der Waals surface area (Å²) < 4.78 is 54.1. The largest absolute Gasteiger partial charge is 0.416 e. The van der Waals surface area contributed by atoms with E-state index in [9.17, 15) is 22.8 Å². The molecule has 0 radical (unpaired) electrons. The number of alkyl halides is 3. The normalized spacial score (nSPS) is 11.5. The molecule has 0 aromatic heterocycles. The van der Waals surface area contributed by atoms with Crippen LogP contribution in [-0.4, -0.2) is 65.0 Å². The second-order valence-corrected chi connectivity index (χ2v) is 8.08. The third-order valence-electron chi connectivity index (χ3n) is 5.41. The zero-order valence-electron chi connectivity index (χ0n) is 20.4. The summed E-state index contributed by atoms with van der Waals surface area (Å²) in [6, 6.07) is 15.7. The van der Waals surface area contributed by atoms with E-state index in [1.807, 2.05) is 12.1 Å². The fraction of sp³-hybridized carbons (Fsp3) is 0.333. The summed E-state index contributed by atoms with van der Waals surface area (Å²) in [6.07, 6.45) is -4.39. The number of carbonyl (C=O) groups is 2. The number of carbonyl (C=O) groups excluding carboxylic acids is 2. The molecule has 2 N–H and O–H groups in total. The van der Waals surface area contributed by atoms with Crippen LogP contribution in [0.2, 0.25) is 0 Å². The Morgan fingerprint density at radius 2 is 1.51 bits per heavy atom. The van der Waals surface area contributed by atoms with E-state index in [-0.39, 0.29) is 18.4 Å². The highest BCUT2D eigenvalue weighted by Crippen LogP contribution is 2.33. The van der Waals surface area contributed by atoms with Gasteiger partial charge in [-0.25, -0.2) is 0 Å². The minimum absolute atomic E-state index is 0.0117. The fourth-order valence-corrected chi connectivity index (χ4v) is 3.62. The van der Waals surface area contributed by atoms with E-state index >= 15 is 0 Å². The van der Waals surface area contributed by atoms with Crippen LogP contribution in [0, 0.1) is 0 Å². The van der Waals surface area contributed by atoms with Crippen LogP contribution >= 0.6 is 0 Å². The van der Waals surface area contributed by atoms with Gasteiger partial charge in [0, 0.05) is 25.8 Å². The maximum Gasteiger partial charge on any atom is 0.416 e. The smallest absolute Gasteiger partial charge is 0.377 e. The van der Waals surface area contributed by atoms with Gasteiger partial charge in [-0.05, 0) is 46.2 Å². The summed E-state index contributed by atoms with van der Waals surface area (Å²) in [5.41, 5.74) is 1.21. The Balaban J connectivity index is 1.44. The predicted octanol–water partition coefficient (Wildman–Crippen LogP) is 4.05. The van der Waals surface area contributed by atoms with Crippen molar-refractivity contribution in [2.45, 2.75) is 6.18 Å². The number of ether oxygens (including phenoxy) is 3. The van der Waals surface area contributed by atoms with Gasteiger partial charge in [0.15, 0.2) is 0 Å². The Hall–Kier alpha value is -3.47. The van der Waals surface area contributed by atoms with Crippen molar-refractivity contribution in [3.05, 3.63) is 71.8 Å². The number of fused-ring (bicyclic) bond motifs is 1. The van der Waals surface area contributed by atoms with Gasteiger partial charge >= 0.3 is 6.18 Å². The van der Waals surface area contributed by atoms with E-state index in [1.165, 1.54) is 19.2 Å². The number of benzene rings is 3. The molecule has 0 fully saturated rings. The summed E-state index contributed by atoms with van der Waals surface area (Å²) in [5.74, 6) is -0.461. The van der Waals surface area contributed by atoms with Gasteiger partial charge < -0.3 is 24.8 Å². The van der Waals surface area contributed by atoms with Crippen LogP contribution < -0.4 is 10.6 Å². The Kier molecular flexibility index (Phi) is 10.4. The first-order chi connectivity index (χ1) is 17.8. The Bertz CT molecular complexity index is 1180.